The number of nitrogens with zero attached hydrogens (tertiary/aromatic N) is 4. The Morgan fingerprint density at radius 3 is 1.50 bits per heavy atom. The first-order valence-electron chi connectivity index (χ1n) is 14.1. The number of para-hydroxylation sites is 2. The zero-order valence-electron chi connectivity index (χ0n) is 23.3. The topological polar surface area (TPSA) is 46.5 Å². The summed E-state index contributed by atoms with van der Waals surface area (Å²) in [5.41, 5.74) is 11.1. The molecule has 0 aliphatic carbocycles. The van der Waals surface area contributed by atoms with Gasteiger partial charge in [-0.2, -0.15) is 5.26 Å². The Morgan fingerprint density at radius 2 is 1.00 bits per heavy atom. The van der Waals surface area contributed by atoms with Crippen molar-refractivity contribution in [3.63, 3.8) is 0 Å². The summed E-state index contributed by atoms with van der Waals surface area (Å²) in [4.78, 5) is 4.27. The molecule has 0 aliphatic rings. The minimum atomic E-state index is 0.626. The first kappa shape index (κ1) is 24.2. The summed E-state index contributed by atoms with van der Waals surface area (Å²) in [5, 5.41) is 15.6. The van der Waals surface area contributed by atoms with Gasteiger partial charge < -0.3 is 9.13 Å². The van der Waals surface area contributed by atoms with Gasteiger partial charge in [0.05, 0.1) is 33.4 Å². The van der Waals surface area contributed by atoms with Crippen molar-refractivity contribution in [1.82, 2.24) is 14.1 Å². The van der Waals surface area contributed by atoms with Gasteiger partial charge in [0.1, 0.15) is 11.6 Å². The second-order valence-corrected chi connectivity index (χ2v) is 11.0. The quantitative estimate of drug-likeness (QED) is 0.225. The number of pyridine rings is 1. The zero-order chi connectivity index (χ0) is 28.4. The van der Waals surface area contributed by atoms with Gasteiger partial charge in [-0.25, -0.2) is 0 Å². The van der Waals surface area contributed by atoms with Crippen LogP contribution in [-0.4, -0.2) is 14.1 Å². The standard InChI is InChI=1S/C38H26N4/c1-24-11-13-30-28-7-3-5-9-33(28)41(35(30)19-24)37-21-27(26-15-17-40-18-16-26)22-38(32(37)23-39)42-34-10-6-4-8-29(34)31-14-12-25(2)20-36(31)42/h3-22H,1-2H3. The number of hydrogen-bond acceptors (Lipinski definition) is 2. The molecule has 0 N–H and O–H groups in total. The van der Waals surface area contributed by atoms with Crippen molar-refractivity contribution in [3.05, 3.63) is 138 Å². The lowest BCUT2D eigenvalue weighted by Crippen LogP contribution is -2.05. The Bertz CT molecular complexity index is 2240. The highest BCUT2D eigenvalue weighted by Gasteiger charge is 2.22. The summed E-state index contributed by atoms with van der Waals surface area (Å²) >= 11 is 0. The van der Waals surface area contributed by atoms with Gasteiger partial charge in [-0.05, 0) is 84.6 Å². The Hall–Kier alpha value is -5.66. The third-order valence-electron chi connectivity index (χ3n) is 8.36. The van der Waals surface area contributed by atoms with Crippen LogP contribution in [0.5, 0.6) is 0 Å². The van der Waals surface area contributed by atoms with Gasteiger partial charge in [0.15, 0.2) is 0 Å². The highest BCUT2D eigenvalue weighted by molar-refractivity contribution is 6.11. The predicted molar refractivity (Wildman–Crippen MR) is 173 cm³/mol. The van der Waals surface area contributed by atoms with Gasteiger partial charge in [0.25, 0.3) is 0 Å². The predicted octanol–water partition coefficient (Wildman–Crippen LogP) is 9.43. The van der Waals surface area contributed by atoms with E-state index >= 15 is 0 Å². The van der Waals surface area contributed by atoms with Crippen LogP contribution in [0, 0.1) is 25.2 Å². The van der Waals surface area contributed by atoms with Crippen LogP contribution in [0.3, 0.4) is 0 Å². The summed E-state index contributed by atoms with van der Waals surface area (Å²) in [6.45, 7) is 4.23. The highest BCUT2D eigenvalue weighted by Crippen LogP contribution is 2.40. The smallest absolute Gasteiger partial charge is 0.104 e. The van der Waals surface area contributed by atoms with Crippen LogP contribution in [-0.2, 0) is 0 Å². The third-order valence-corrected chi connectivity index (χ3v) is 8.36. The minimum absolute atomic E-state index is 0.626. The van der Waals surface area contributed by atoms with E-state index in [1.807, 2.05) is 24.5 Å². The molecule has 0 saturated carbocycles. The lowest BCUT2D eigenvalue weighted by Gasteiger charge is -2.18. The maximum atomic E-state index is 11.0. The zero-order valence-corrected chi connectivity index (χ0v) is 23.3. The van der Waals surface area contributed by atoms with Crippen molar-refractivity contribution in [1.29, 1.82) is 5.26 Å². The van der Waals surface area contributed by atoms with Crippen LogP contribution >= 0.6 is 0 Å². The van der Waals surface area contributed by atoms with Gasteiger partial charge in [0.2, 0.25) is 0 Å². The van der Waals surface area contributed by atoms with Gasteiger partial charge in [0, 0.05) is 33.9 Å². The molecule has 198 valence electrons. The maximum Gasteiger partial charge on any atom is 0.104 e. The molecule has 42 heavy (non-hydrogen) atoms. The van der Waals surface area contributed by atoms with E-state index in [2.05, 4.69) is 131 Å². The Kier molecular flexibility index (Phi) is 5.29. The van der Waals surface area contributed by atoms with Gasteiger partial charge in [-0.3, -0.25) is 4.98 Å². The second kappa shape index (κ2) is 9.19. The summed E-state index contributed by atoms with van der Waals surface area (Å²) in [6.07, 6.45) is 3.64. The molecule has 0 unspecified atom stereocenters. The molecule has 0 saturated heterocycles. The third kappa shape index (κ3) is 3.51. The normalized spacial score (nSPS) is 11.5. The average Bonchev–Trinajstić information content (AvgIpc) is 3.52. The Balaban J connectivity index is 1.58. The molecule has 0 atom stereocenters. The van der Waals surface area contributed by atoms with Crippen molar-refractivity contribution in [2.75, 3.05) is 0 Å². The van der Waals surface area contributed by atoms with Gasteiger partial charge >= 0.3 is 0 Å². The number of hydrogen-bond donors (Lipinski definition) is 0. The van der Waals surface area contributed by atoms with Crippen molar-refractivity contribution in [2.24, 2.45) is 0 Å². The Labute approximate surface area is 243 Å². The van der Waals surface area contributed by atoms with Gasteiger partial charge in [-0.1, -0.05) is 60.7 Å². The Morgan fingerprint density at radius 1 is 0.524 bits per heavy atom. The maximum absolute atomic E-state index is 11.0. The molecule has 4 heteroatoms. The fourth-order valence-corrected chi connectivity index (χ4v) is 6.47. The van der Waals surface area contributed by atoms with Crippen LogP contribution in [0.1, 0.15) is 16.7 Å². The molecular weight excluding hydrogens is 512 g/mol. The van der Waals surface area contributed by atoms with E-state index in [0.29, 0.717) is 5.56 Å². The van der Waals surface area contributed by atoms with Crippen LogP contribution < -0.4 is 0 Å². The molecule has 8 rings (SSSR count). The minimum Gasteiger partial charge on any atom is -0.308 e. The number of benzene rings is 5. The molecule has 3 aromatic heterocycles. The number of nitriles is 1. The second-order valence-electron chi connectivity index (χ2n) is 11.0. The first-order chi connectivity index (χ1) is 20.6. The van der Waals surface area contributed by atoms with Crippen molar-refractivity contribution in [2.45, 2.75) is 13.8 Å². The summed E-state index contributed by atoms with van der Waals surface area (Å²) < 4.78 is 4.53. The van der Waals surface area contributed by atoms with Gasteiger partial charge in [-0.15, -0.1) is 0 Å². The van der Waals surface area contributed by atoms with Crippen molar-refractivity contribution < 1.29 is 0 Å². The van der Waals surface area contributed by atoms with Crippen molar-refractivity contribution >= 4 is 43.6 Å². The van der Waals surface area contributed by atoms with E-state index in [1.54, 1.807) is 0 Å². The number of rotatable bonds is 3. The molecule has 0 bridgehead atoms. The molecule has 4 nitrogen and oxygen atoms in total. The van der Waals surface area contributed by atoms with E-state index in [4.69, 9.17) is 0 Å². The van der Waals surface area contributed by atoms with Crippen LogP contribution in [0.25, 0.3) is 66.1 Å². The molecule has 3 heterocycles. The van der Waals surface area contributed by atoms with E-state index < -0.39 is 0 Å². The van der Waals surface area contributed by atoms with E-state index in [9.17, 15) is 5.26 Å². The van der Waals surface area contributed by atoms with Crippen molar-refractivity contribution in [3.8, 4) is 28.6 Å². The molecule has 0 aliphatic heterocycles. The first-order valence-corrected chi connectivity index (χ1v) is 14.1. The van der Waals surface area contributed by atoms with E-state index in [-0.39, 0.29) is 0 Å². The van der Waals surface area contributed by atoms with Crippen LogP contribution in [0.4, 0.5) is 0 Å². The highest BCUT2D eigenvalue weighted by atomic mass is 15.0. The lowest BCUT2D eigenvalue weighted by molar-refractivity contribution is 1.12. The van der Waals surface area contributed by atoms with Crippen LogP contribution in [0.2, 0.25) is 0 Å². The summed E-state index contributed by atoms with van der Waals surface area (Å²) in [7, 11) is 0. The number of fused-ring (bicyclic) bond motifs is 6. The average molecular weight is 539 g/mol. The molecule has 0 radical (unpaired) electrons. The van der Waals surface area contributed by atoms with E-state index in [0.717, 1.165) is 44.6 Å². The molecule has 0 amide bonds. The molecule has 0 spiro atoms. The molecule has 8 aromatic rings. The fraction of sp³-hybridized carbons (Fsp3) is 0.0526. The van der Waals surface area contributed by atoms with Crippen LogP contribution in [0.15, 0.2) is 122 Å². The lowest BCUT2D eigenvalue weighted by atomic mass is 10.0. The summed E-state index contributed by atoms with van der Waals surface area (Å²) in [6, 6.07) is 41.1. The molecular formula is C38H26N4. The molecule has 5 aromatic carbocycles. The number of aryl methyl sites for hydroxylation is 2. The SMILES string of the molecule is Cc1ccc2c3ccccc3n(-c3cc(-c4ccncc4)cc(-n4c5ccccc5c5ccc(C)cc54)c3C#N)c2c1. The molecule has 0 fully saturated rings. The van der Waals surface area contributed by atoms with E-state index in [1.165, 1.54) is 32.7 Å². The fourth-order valence-electron chi connectivity index (χ4n) is 6.47. The number of aromatic nitrogens is 3. The largest absolute Gasteiger partial charge is 0.308 e. The monoisotopic (exact) mass is 538 g/mol. The summed E-state index contributed by atoms with van der Waals surface area (Å²) in [5.74, 6) is 0.